The van der Waals surface area contributed by atoms with E-state index in [-0.39, 0.29) is 0 Å². The third-order valence-corrected chi connectivity index (χ3v) is 1.60. The van der Waals surface area contributed by atoms with E-state index in [0.717, 1.165) is 32.0 Å². The quantitative estimate of drug-likeness (QED) is 0.322. The van der Waals surface area contributed by atoms with Crippen molar-refractivity contribution in [3.63, 3.8) is 0 Å². The summed E-state index contributed by atoms with van der Waals surface area (Å²) in [6.45, 7) is 2.04. The smallest absolute Gasteiger partial charge is 0.120 e. The summed E-state index contributed by atoms with van der Waals surface area (Å²) in [6.07, 6.45) is 14.5. The van der Waals surface area contributed by atoms with E-state index in [1.807, 2.05) is 6.92 Å². The Bertz CT molecular complexity index is 145. The highest BCUT2D eigenvalue weighted by Gasteiger charge is 1.81. The van der Waals surface area contributed by atoms with Gasteiger partial charge < -0.3 is 4.79 Å². The predicted molar refractivity (Wildman–Crippen MR) is 53.1 cm³/mol. The highest BCUT2D eigenvalue weighted by molar-refractivity contribution is 5.48. The van der Waals surface area contributed by atoms with Gasteiger partial charge in [0.05, 0.1) is 0 Å². The number of hydrogen-bond acceptors (Lipinski definition) is 1. The van der Waals surface area contributed by atoms with Crippen molar-refractivity contribution in [2.45, 2.75) is 39.0 Å². The Balaban J connectivity index is 3.08. The Morgan fingerprint density at radius 2 is 1.58 bits per heavy atom. The van der Waals surface area contributed by atoms with Gasteiger partial charge in [-0.2, -0.15) is 0 Å². The summed E-state index contributed by atoms with van der Waals surface area (Å²) >= 11 is 0. The summed E-state index contributed by atoms with van der Waals surface area (Å²) < 4.78 is 0. The van der Waals surface area contributed by atoms with E-state index in [1.165, 1.54) is 0 Å². The molecule has 0 N–H and O–H groups in total. The Morgan fingerprint density at radius 3 is 2.25 bits per heavy atom. The third kappa shape index (κ3) is 9.15. The summed E-state index contributed by atoms with van der Waals surface area (Å²) in [7, 11) is 0. The fourth-order valence-corrected chi connectivity index (χ4v) is 0.914. The molecule has 1 nitrogen and oxygen atoms in total. The molecule has 0 heterocycles. The molecule has 0 aliphatic carbocycles. The second-order valence-corrected chi connectivity index (χ2v) is 2.72. The monoisotopic (exact) mass is 166 g/mol. The zero-order valence-electron chi connectivity index (χ0n) is 7.83. The van der Waals surface area contributed by atoms with Crippen molar-refractivity contribution in [1.29, 1.82) is 0 Å². The second-order valence-electron chi connectivity index (χ2n) is 2.72. The second kappa shape index (κ2) is 10.2. The third-order valence-electron chi connectivity index (χ3n) is 1.60. The molecule has 0 aliphatic heterocycles. The minimum Gasteiger partial charge on any atom is -0.303 e. The van der Waals surface area contributed by atoms with Crippen molar-refractivity contribution in [3.05, 3.63) is 24.3 Å². The van der Waals surface area contributed by atoms with Crippen molar-refractivity contribution >= 4 is 6.29 Å². The van der Waals surface area contributed by atoms with Crippen LogP contribution in [0.1, 0.15) is 39.0 Å². The summed E-state index contributed by atoms with van der Waals surface area (Å²) in [4.78, 5) is 9.95. The maximum absolute atomic E-state index is 9.95. The van der Waals surface area contributed by atoms with Crippen LogP contribution in [-0.2, 0) is 4.79 Å². The molecule has 1 heteroatoms. The standard InChI is InChI=1S/C11H18O/c1-2-3-4-5-6-7-8-9-10-11-12/h2-3,6-7,11H,4-5,8-10H2,1H3/b3-2+,7-6+. The molecule has 0 aromatic carbocycles. The van der Waals surface area contributed by atoms with Crippen molar-refractivity contribution in [3.8, 4) is 0 Å². The molecule has 0 aromatic heterocycles. The molecule has 0 unspecified atom stereocenters. The molecule has 0 atom stereocenters. The number of unbranched alkanes of at least 4 members (excludes halogenated alkanes) is 3. The maximum atomic E-state index is 9.95. The first-order valence-electron chi connectivity index (χ1n) is 4.61. The van der Waals surface area contributed by atoms with Crippen LogP contribution in [0.25, 0.3) is 0 Å². The Kier molecular flexibility index (Phi) is 9.43. The molecule has 0 fully saturated rings. The topological polar surface area (TPSA) is 17.1 Å². The average molecular weight is 166 g/mol. The van der Waals surface area contributed by atoms with Gasteiger partial charge >= 0.3 is 0 Å². The first-order chi connectivity index (χ1) is 5.91. The highest BCUT2D eigenvalue weighted by Crippen LogP contribution is 1.97. The van der Waals surface area contributed by atoms with E-state index < -0.39 is 0 Å². The van der Waals surface area contributed by atoms with E-state index in [4.69, 9.17) is 0 Å². The van der Waals surface area contributed by atoms with Crippen LogP contribution < -0.4 is 0 Å². The van der Waals surface area contributed by atoms with Gasteiger partial charge in [-0.05, 0) is 32.6 Å². The van der Waals surface area contributed by atoms with Crippen molar-refractivity contribution in [1.82, 2.24) is 0 Å². The predicted octanol–water partition coefficient (Wildman–Crippen LogP) is 3.27. The molecular weight excluding hydrogens is 148 g/mol. The van der Waals surface area contributed by atoms with Crippen molar-refractivity contribution in [2.24, 2.45) is 0 Å². The molecule has 0 saturated heterocycles. The van der Waals surface area contributed by atoms with E-state index in [0.29, 0.717) is 6.42 Å². The average Bonchev–Trinajstić information content (AvgIpc) is 2.10. The lowest BCUT2D eigenvalue weighted by Crippen LogP contribution is -1.73. The van der Waals surface area contributed by atoms with Gasteiger partial charge in [0.25, 0.3) is 0 Å². The lowest BCUT2D eigenvalue weighted by molar-refractivity contribution is -0.107. The van der Waals surface area contributed by atoms with Gasteiger partial charge in [-0.3, -0.25) is 0 Å². The van der Waals surface area contributed by atoms with Crippen LogP contribution in [0.5, 0.6) is 0 Å². The number of hydrogen-bond donors (Lipinski definition) is 0. The van der Waals surface area contributed by atoms with Crippen molar-refractivity contribution in [2.75, 3.05) is 0 Å². The normalized spacial score (nSPS) is 11.4. The Hall–Kier alpha value is -0.850. The summed E-state index contributed by atoms with van der Waals surface area (Å²) in [5.74, 6) is 0. The van der Waals surface area contributed by atoms with E-state index >= 15 is 0 Å². The number of carbonyl (C=O) groups is 1. The zero-order valence-corrected chi connectivity index (χ0v) is 7.83. The van der Waals surface area contributed by atoms with Crippen LogP contribution >= 0.6 is 0 Å². The van der Waals surface area contributed by atoms with Gasteiger partial charge in [0.2, 0.25) is 0 Å². The number of allylic oxidation sites excluding steroid dienone is 4. The SMILES string of the molecule is C/C=C/CC/C=C/CCCC=O. The van der Waals surface area contributed by atoms with Gasteiger partial charge in [0, 0.05) is 6.42 Å². The van der Waals surface area contributed by atoms with Gasteiger partial charge in [-0.25, -0.2) is 0 Å². The van der Waals surface area contributed by atoms with Crippen LogP contribution in [-0.4, -0.2) is 6.29 Å². The lowest BCUT2D eigenvalue weighted by Gasteiger charge is -1.88. The molecule has 0 radical (unpaired) electrons. The molecule has 0 amide bonds. The molecule has 0 aromatic rings. The van der Waals surface area contributed by atoms with Crippen LogP contribution in [0.3, 0.4) is 0 Å². The maximum Gasteiger partial charge on any atom is 0.120 e. The Labute approximate surface area is 75.2 Å². The molecule has 0 aliphatic rings. The van der Waals surface area contributed by atoms with Gasteiger partial charge in [-0.1, -0.05) is 24.3 Å². The Morgan fingerprint density at radius 1 is 0.917 bits per heavy atom. The van der Waals surface area contributed by atoms with Crippen LogP contribution in [0.15, 0.2) is 24.3 Å². The van der Waals surface area contributed by atoms with Gasteiger partial charge in [-0.15, -0.1) is 0 Å². The number of rotatable bonds is 7. The van der Waals surface area contributed by atoms with E-state index in [9.17, 15) is 4.79 Å². The molecule has 0 rings (SSSR count). The summed E-state index contributed by atoms with van der Waals surface area (Å²) in [5, 5.41) is 0. The molecule has 0 spiro atoms. The first-order valence-corrected chi connectivity index (χ1v) is 4.61. The molecular formula is C11H18O. The highest BCUT2D eigenvalue weighted by atomic mass is 16.1. The lowest BCUT2D eigenvalue weighted by atomic mass is 10.2. The number of aldehydes is 1. The minimum atomic E-state index is 0.694. The van der Waals surface area contributed by atoms with Crippen LogP contribution in [0.2, 0.25) is 0 Å². The largest absolute Gasteiger partial charge is 0.303 e. The fourth-order valence-electron chi connectivity index (χ4n) is 0.914. The summed E-state index contributed by atoms with van der Waals surface area (Å²) in [5.41, 5.74) is 0. The minimum absolute atomic E-state index is 0.694. The van der Waals surface area contributed by atoms with Gasteiger partial charge in [0.15, 0.2) is 0 Å². The molecule has 68 valence electrons. The fraction of sp³-hybridized carbons (Fsp3) is 0.545. The van der Waals surface area contributed by atoms with Crippen LogP contribution in [0, 0.1) is 0 Å². The zero-order chi connectivity index (χ0) is 9.07. The van der Waals surface area contributed by atoms with E-state index in [1.54, 1.807) is 0 Å². The molecule has 0 saturated carbocycles. The van der Waals surface area contributed by atoms with E-state index in [2.05, 4.69) is 24.3 Å². The first kappa shape index (κ1) is 11.2. The van der Waals surface area contributed by atoms with Crippen LogP contribution in [0.4, 0.5) is 0 Å². The van der Waals surface area contributed by atoms with Gasteiger partial charge in [0.1, 0.15) is 6.29 Å². The molecule has 0 bridgehead atoms. The molecule has 12 heavy (non-hydrogen) atoms. The van der Waals surface area contributed by atoms with Crippen molar-refractivity contribution < 1.29 is 4.79 Å². The summed E-state index contributed by atoms with van der Waals surface area (Å²) in [6, 6.07) is 0. The number of carbonyl (C=O) groups excluding carboxylic acids is 1.